The van der Waals surface area contributed by atoms with Crippen LogP contribution in [0.15, 0.2) is 30.7 Å². The van der Waals surface area contributed by atoms with Crippen LogP contribution in [0.2, 0.25) is 0 Å². The maximum atomic E-state index is 14.1. The highest BCUT2D eigenvalue weighted by Crippen LogP contribution is 2.44. The van der Waals surface area contributed by atoms with Crippen LogP contribution in [0.1, 0.15) is 106 Å². The van der Waals surface area contributed by atoms with Crippen molar-refractivity contribution in [1.29, 1.82) is 0 Å². The van der Waals surface area contributed by atoms with Gasteiger partial charge in [0.15, 0.2) is 5.65 Å². The van der Waals surface area contributed by atoms with Gasteiger partial charge in [-0.1, -0.05) is 0 Å². The predicted molar refractivity (Wildman–Crippen MR) is 152 cm³/mol. The summed E-state index contributed by atoms with van der Waals surface area (Å²) in [5.41, 5.74) is 1.87. The van der Waals surface area contributed by atoms with Gasteiger partial charge >= 0.3 is 0 Å². The Kier molecular flexibility index (Phi) is 9.28. The molecule has 5 rings (SSSR count). The molecular formula is C30H39F4N7O3. The molecule has 0 bridgehead atoms. The second kappa shape index (κ2) is 12.8. The molecule has 2 atom stereocenters. The molecule has 10 nitrogen and oxygen atoms in total. The van der Waals surface area contributed by atoms with E-state index in [1.807, 2.05) is 20.8 Å². The van der Waals surface area contributed by atoms with Crippen LogP contribution in [0, 0.1) is 11.8 Å². The monoisotopic (exact) mass is 621 g/mol. The molecule has 0 spiro atoms. The van der Waals surface area contributed by atoms with Gasteiger partial charge in [-0.05, 0) is 57.6 Å². The minimum absolute atomic E-state index is 0.00105. The van der Waals surface area contributed by atoms with Crippen molar-refractivity contribution in [3.05, 3.63) is 47.7 Å². The van der Waals surface area contributed by atoms with Gasteiger partial charge in [0.1, 0.15) is 5.69 Å². The van der Waals surface area contributed by atoms with Crippen LogP contribution >= 0.6 is 0 Å². The molecule has 1 unspecified atom stereocenters. The Morgan fingerprint density at radius 2 is 1.82 bits per heavy atom. The van der Waals surface area contributed by atoms with E-state index in [-0.39, 0.29) is 81.2 Å². The Labute approximate surface area is 252 Å². The Morgan fingerprint density at radius 3 is 2.48 bits per heavy atom. The molecule has 2 fully saturated rings. The molecule has 44 heavy (non-hydrogen) atoms. The molecule has 240 valence electrons. The predicted octanol–water partition coefficient (Wildman–Crippen LogP) is 5.43. The van der Waals surface area contributed by atoms with Crippen molar-refractivity contribution in [2.24, 2.45) is 11.8 Å². The van der Waals surface area contributed by atoms with Crippen LogP contribution in [0.25, 0.3) is 5.65 Å². The first-order valence-electron chi connectivity index (χ1n) is 15.2. The number of ether oxygens (including phenoxy) is 1. The summed E-state index contributed by atoms with van der Waals surface area (Å²) in [6.07, 6.45) is 4.06. The van der Waals surface area contributed by atoms with E-state index < -0.39 is 23.9 Å². The number of nitrogens with zero attached hydrogens (tertiary/aromatic N) is 5. The van der Waals surface area contributed by atoms with E-state index in [4.69, 9.17) is 9.72 Å². The molecule has 3 aromatic rings. The lowest BCUT2D eigenvalue weighted by molar-refractivity contribution is -0.134. The first kappa shape index (κ1) is 31.9. The second-order valence-electron chi connectivity index (χ2n) is 12.3. The molecule has 2 N–H and O–H groups in total. The van der Waals surface area contributed by atoms with E-state index in [2.05, 4.69) is 20.8 Å². The summed E-state index contributed by atoms with van der Waals surface area (Å²) in [6, 6.07) is 2.05. The van der Waals surface area contributed by atoms with Gasteiger partial charge in [0.05, 0.1) is 36.8 Å². The van der Waals surface area contributed by atoms with Crippen molar-refractivity contribution >= 4 is 17.5 Å². The molecule has 14 heteroatoms. The number of hydrogen-bond donors (Lipinski definition) is 2. The van der Waals surface area contributed by atoms with Crippen LogP contribution in [-0.2, 0) is 9.53 Å². The fraction of sp³-hybridized carbons (Fsp3) is 0.633. The smallest absolute Gasteiger partial charge is 0.270 e. The number of aromatic nitrogens is 5. The van der Waals surface area contributed by atoms with Crippen molar-refractivity contribution in [2.45, 2.75) is 95.7 Å². The highest BCUT2D eigenvalue weighted by Gasteiger charge is 2.46. The van der Waals surface area contributed by atoms with Crippen LogP contribution in [-0.4, -0.2) is 61.3 Å². The summed E-state index contributed by atoms with van der Waals surface area (Å²) in [6.45, 7) is 6.18. The van der Waals surface area contributed by atoms with E-state index in [1.54, 1.807) is 35.4 Å². The van der Waals surface area contributed by atoms with Gasteiger partial charge in [0.2, 0.25) is 17.8 Å². The van der Waals surface area contributed by atoms with E-state index in [0.717, 1.165) is 0 Å². The molecule has 0 aliphatic heterocycles. The number of carbonyl (C=O) groups is 2. The van der Waals surface area contributed by atoms with Crippen molar-refractivity contribution in [3.63, 3.8) is 0 Å². The third-order valence-corrected chi connectivity index (χ3v) is 8.47. The molecule has 0 aromatic carbocycles. The van der Waals surface area contributed by atoms with Gasteiger partial charge in [-0.3, -0.25) is 14.3 Å². The summed E-state index contributed by atoms with van der Waals surface area (Å²) in [4.78, 5) is 30.9. The Bertz CT molecular complexity index is 1460. The third kappa shape index (κ3) is 7.39. The van der Waals surface area contributed by atoms with Gasteiger partial charge in [-0.25, -0.2) is 27.1 Å². The summed E-state index contributed by atoms with van der Waals surface area (Å²) in [7, 11) is 0. The number of fused-ring (bicyclic) bond motifs is 1. The fourth-order valence-electron chi connectivity index (χ4n) is 6.10. The molecule has 2 aliphatic carbocycles. The zero-order valence-corrected chi connectivity index (χ0v) is 25.1. The number of imidazole rings is 1. The number of carbonyl (C=O) groups excluding carboxylic acids is 2. The van der Waals surface area contributed by atoms with Gasteiger partial charge in [0, 0.05) is 56.5 Å². The maximum Gasteiger partial charge on any atom is 0.270 e. The highest BCUT2D eigenvalue weighted by atomic mass is 19.3. The molecule has 0 saturated heterocycles. The van der Waals surface area contributed by atoms with Crippen LogP contribution in [0.5, 0.6) is 0 Å². The molecular weight excluding hydrogens is 582 g/mol. The lowest BCUT2D eigenvalue weighted by atomic mass is 9.79. The summed E-state index contributed by atoms with van der Waals surface area (Å²) >= 11 is 0. The zero-order chi connectivity index (χ0) is 31.6. The van der Waals surface area contributed by atoms with Crippen LogP contribution < -0.4 is 10.6 Å². The maximum absolute atomic E-state index is 14.1. The molecule has 3 aromatic heterocycles. The van der Waals surface area contributed by atoms with E-state index in [9.17, 15) is 27.2 Å². The number of rotatable bonds is 12. The van der Waals surface area contributed by atoms with Gasteiger partial charge < -0.3 is 15.4 Å². The fourth-order valence-corrected chi connectivity index (χ4v) is 6.10. The molecule has 2 aliphatic rings. The van der Waals surface area contributed by atoms with Crippen molar-refractivity contribution < 1.29 is 31.9 Å². The van der Waals surface area contributed by atoms with Crippen LogP contribution in [0.3, 0.4) is 0 Å². The Hall–Kier alpha value is -3.55. The minimum Gasteiger partial charge on any atom is -0.379 e. The van der Waals surface area contributed by atoms with Crippen molar-refractivity contribution in [1.82, 2.24) is 35.0 Å². The lowest BCUT2D eigenvalue weighted by Crippen LogP contribution is -2.40. The quantitative estimate of drug-likeness (QED) is 0.261. The molecule has 3 heterocycles. The summed E-state index contributed by atoms with van der Waals surface area (Å²) in [5.74, 6) is -6.81. The van der Waals surface area contributed by atoms with Crippen LogP contribution in [0.4, 0.5) is 17.6 Å². The lowest BCUT2D eigenvalue weighted by Gasteiger charge is -2.34. The van der Waals surface area contributed by atoms with Crippen molar-refractivity contribution in [2.75, 3.05) is 13.2 Å². The van der Waals surface area contributed by atoms with E-state index in [0.29, 0.717) is 29.2 Å². The molecule has 2 amide bonds. The highest BCUT2D eigenvalue weighted by molar-refractivity contribution is 5.92. The second-order valence-corrected chi connectivity index (χ2v) is 12.3. The molecule has 0 radical (unpaired) electrons. The number of alkyl halides is 4. The van der Waals surface area contributed by atoms with E-state index in [1.165, 1.54) is 4.52 Å². The first-order chi connectivity index (χ1) is 20.8. The SMILES string of the molecule is CCOCC(NC(=O)CC1CC(F)(F)C1)c1cnn2cc([C@@H](NC(=O)c3ccnn3C(C)C)C3CCC(F)(F)CC3)nc2c1. The number of nitrogens with one attached hydrogen (secondary N) is 2. The van der Waals surface area contributed by atoms with Gasteiger partial charge in [-0.15, -0.1) is 0 Å². The first-order valence-corrected chi connectivity index (χ1v) is 15.2. The Morgan fingerprint density at radius 1 is 1.09 bits per heavy atom. The minimum atomic E-state index is -2.74. The normalized spacial score (nSPS) is 19.9. The summed E-state index contributed by atoms with van der Waals surface area (Å²) in [5, 5.41) is 14.6. The number of halogens is 4. The Balaban J connectivity index is 1.38. The third-order valence-electron chi connectivity index (χ3n) is 8.47. The van der Waals surface area contributed by atoms with Gasteiger partial charge in [0.25, 0.3) is 5.91 Å². The van der Waals surface area contributed by atoms with Crippen molar-refractivity contribution in [3.8, 4) is 0 Å². The number of amides is 2. The van der Waals surface area contributed by atoms with E-state index >= 15 is 0 Å². The standard InChI is InChI=1S/C30H39F4N7O3/c1-4-44-17-23(38-26(42)11-19-13-30(33,34)14-19)21-12-25-37-22(16-40(25)36-15-21)27(20-5-8-29(31,32)9-6-20)39-28(43)24-7-10-35-41(24)18(2)3/h7,10,12,15-16,18-20,23,27H,4-6,8-9,11,13-14,17H2,1-3H3,(H,38,42)(H,39,43)/t23?,27-/m0/s1. The largest absolute Gasteiger partial charge is 0.379 e. The average Bonchev–Trinajstić information content (AvgIpc) is 3.60. The molecule has 2 saturated carbocycles. The topological polar surface area (TPSA) is 115 Å². The summed E-state index contributed by atoms with van der Waals surface area (Å²) < 4.78 is 63.3. The number of hydrogen-bond acceptors (Lipinski definition) is 6. The average molecular weight is 622 g/mol. The zero-order valence-electron chi connectivity index (χ0n) is 25.1. The van der Waals surface area contributed by atoms with Gasteiger partial charge in [-0.2, -0.15) is 10.2 Å².